The lowest BCUT2D eigenvalue weighted by molar-refractivity contribution is -0.160. The number of hydrogen-bond acceptors (Lipinski definition) is 4. The first-order valence-corrected chi connectivity index (χ1v) is 9.09. The molecule has 138 valence electrons. The van der Waals surface area contributed by atoms with Crippen LogP contribution in [0.3, 0.4) is 0 Å². The fraction of sp³-hybridized carbons (Fsp3) is 0.632. The molecule has 1 unspecified atom stereocenters. The molecule has 5 nitrogen and oxygen atoms in total. The molecule has 25 heavy (non-hydrogen) atoms. The molecule has 0 aliphatic carbocycles. The highest BCUT2D eigenvalue weighted by atomic mass is 19.1. The minimum absolute atomic E-state index is 0.211. The third-order valence-electron chi connectivity index (χ3n) is 5.44. The highest BCUT2D eigenvalue weighted by Gasteiger charge is 2.43. The molecular formula is C19H27FN2O3. The summed E-state index contributed by atoms with van der Waals surface area (Å²) in [4.78, 5) is 16.7. The van der Waals surface area contributed by atoms with Gasteiger partial charge in [0.25, 0.3) is 5.91 Å². The molecule has 0 saturated carbocycles. The Morgan fingerprint density at radius 3 is 2.48 bits per heavy atom. The number of amides is 1. The third-order valence-corrected chi connectivity index (χ3v) is 5.44. The average Bonchev–Trinajstić information content (AvgIpc) is 2.62. The number of rotatable bonds is 5. The lowest BCUT2D eigenvalue weighted by Gasteiger charge is -2.42. The summed E-state index contributed by atoms with van der Waals surface area (Å²) in [6, 6.07) is 6.13. The Labute approximate surface area is 148 Å². The van der Waals surface area contributed by atoms with E-state index in [9.17, 15) is 19.4 Å². The molecule has 3 rings (SSSR count). The molecule has 0 radical (unpaired) electrons. The summed E-state index contributed by atoms with van der Waals surface area (Å²) in [7, 11) is 0. The van der Waals surface area contributed by atoms with Crippen LogP contribution in [0, 0.1) is 11.7 Å². The topological polar surface area (TPSA) is 64.0 Å². The quantitative estimate of drug-likeness (QED) is 0.842. The molecule has 0 bridgehead atoms. The largest absolute Gasteiger partial charge is 0.396 e. The standard InChI is InChI=1S/C19H27FN2O3/c20-17-4-2-15(3-5-17)12-22-9-1-8-19(25,18(22)24)14-21-10-6-16(13-23)7-11-21/h2-5,16,23,25H,1,6-14H2. The predicted molar refractivity (Wildman–Crippen MR) is 92.3 cm³/mol. The Balaban J connectivity index is 1.61. The second-order valence-electron chi connectivity index (χ2n) is 7.39. The number of aliphatic hydroxyl groups is 2. The first kappa shape index (κ1) is 18.3. The zero-order valence-corrected chi connectivity index (χ0v) is 14.5. The molecule has 1 aromatic rings. The van der Waals surface area contributed by atoms with Crippen LogP contribution in [-0.4, -0.2) is 64.3 Å². The molecule has 2 fully saturated rings. The van der Waals surface area contributed by atoms with Crippen LogP contribution in [0.25, 0.3) is 0 Å². The van der Waals surface area contributed by atoms with E-state index in [0.717, 1.165) is 37.9 Å². The van der Waals surface area contributed by atoms with Gasteiger partial charge in [-0.1, -0.05) is 12.1 Å². The minimum atomic E-state index is -1.34. The van der Waals surface area contributed by atoms with Gasteiger partial charge in [-0.05, 0) is 62.4 Å². The van der Waals surface area contributed by atoms with E-state index < -0.39 is 5.60 Å². The Kier molecular flexibility index (Phi) is 5.71. The van der Waals surface area contributed by atoms with Gasteiger partial charge in [-0.15, -0.1) is 0 Å². The number of hydrogen-bond donors (Lipinski definition) is 2. The van der Waals surface area contributed by atoms with Gasteiger partial charge in [0.05, 0.1) is 0 Å². The number of carbonyl (C=O) groups is 1. The zero-order valence-electron chi connectivity index (χ0n) is 14.5. The highest BCUT2D eigenvalue weighted by Crippen LogP contribution is 2.27. The maximum atomic E-state index is 13.0. The van der Waals surface area contributed by atoms with Crippen molar-refractivity contribution in [2.45, 2.75) is 37.8 Å². The lowest BCUT2D eigenvalue weighted by Crippen LogP contribution is -2.59. The minimum Gasteiger partial charge on any atom is -0.396 e. The number of nitrogens with zero attached hydrogens (tertiary/aromatic N) is 2. The van der Waals surface area contributed by atoms with E-state index in [4.69, 9.17) is 0 Å². The summed E-state index contributed by atoms with van der Waals surface area (Å²) in [5.74, 6) is -0.188. The van der Waals surface area contributed by atoms with Gasteiger partial charge in [0, 0.05) is 26.2 Å². The van der Waals surface area contributed by atoms with Crippen LogP contribution in [0.5, 0.6) is 0 Å². The molecule has 2 saturated heterocycles. The molecular weight excluding hydrogens is 323 g/mol. The molecule has 0 spiro atoms. The van der Waals surface area contributed by atoms with Crippen molar-refractivity contribution < 1.29 is 19.4 Å². The first-order valence-electron chi connectivity index (χ1n) is 9.09. The second kappa shape index (κ2) is 7.81. The summed E-state index contributed by atoms with van der Waals surface area (Å²) in [5, 5.41) is 20.2. The second-order valence-corrected chi connectivity index (χ2v) is 7.39. The number of aliphatic hydroxyl groups excluding tert-OH is 1. The Hall–Kier alpha value is -1.50. The van der Waals surface area contributed by atoms with Crippen LogP contribution in [0.1, 0.15) is 31.2 Å². The van der Waals surface area contributed by atoms with Gasteiger partial charge in [-0.25, -0.2) is 4.39 Å². The van der Waals surface area contributed by atoms with Gasteiger partial charge < -0.3 is 15.1 Å². The van der Waals surface area contributed by atoms with Crippen LogP contribution in [0.4, 0.5) is 4.39 Å². The molecule has 2 aliphatic rings. The third kappa shape index (κ3) is 4.37. The van der Waals surface area contributed by atoms with E-state index in [1.165, 1.54) is 12.1 Å². The van der Waals surface area contributed by atoms with Crippen LogP contribution in [0.2, 0.25) is 0 Å². The predicted octanol–water partition coefficient (Wildman–Crippen LogP) is 1.38. The highest BCUT2D eigenvalue weighted by molar-refractivity contribution is 5.86. The van der Waals surface area contributed by atoms with Gasteiger partial charge in [0.15, 0.2) is 5.60 Å². The van der Waals surface area contributed by atoms with E-state index in [-0.39, 0.29) is 18.3 Å². The SMILES string of the molecule is O=C1N(Cc2ccc(F)cc2)CCCC1(O)CN1CCC(CO)CC1. The van der Waals surface area contributed by atoms with E-state index in [1.54, 1.807) is 17.0 Å². The van der Waals surface area contributed by atoms with E-state index in [1.807, 2.05) is 0 Å². The molecule has 6 heteroatoms. The van der Waals surface area contributed by atoms with Crippen molar-refractivity contribution in [1.29, 1.82) is 0 Å². The molecule has 0 aromatic heterocycles. The van der Waals surface area contributed by atoms with Crippen molar-refractivity contribution in [3.63, 3.8) is 0 Å². The molecule has 2 N–H and O–H groups in total. The van der Waals surface area contributed by atoms with Crippen molar-refractivity contribution in [3.8, 4) is 0 Å². The van der Waals surface area contributed by atoms with Gasteiger partial charge in [0.2, 0.25) is 0 Å². The summed E-state index contributed by atoms with van der Waals surface area (Å²) >= 11 is 0. The number of halogens is 1. The summed E-state index contributed by atoms with van der Waals surface area (Å²) < 4.78 is 13.0. The van der Waals surface area contributed by atoms with Crippen molar-refractivity contribution in [1.82, 2.24) is 9.80 Å². The molecule has 2 aliphatic heterocycles. The molecule has 1 aromatic carbocycles. The van der Waals surface area contributed by atoms with Gasteiger partial charge in [-0.2, -0.15) is 0 Å². The maximum absolute atomic E-state index is 13.0. The van der Waals surface area contributed by atoms with Crippen LogP contribution >= 0.6 is 0 Å². The lowest BCUT2D eigenvalue weighted by atomic mass is 9.89. The van der Waals surface area contributed by atoms with Crippen molar-refractivity contribution >= 4 is 5.91 Å². The average molecular weight is 350 g/mol. The maximum Gasteiger partial charge on any atom is 0.256 e. The van der Waals surface area contributed by atoms with Crippen LogP contribution in [0.15, 0.2) is 24.3 Å². The first-order chi connectivity index (χ1) is 12.0. The van der Waals surface area contributed by atoms with Crippen molar-refractivity contribution in [2.24, 2.45) is 5.92 Å². The summed E-state index contributed by atoms with van der Waals surface area (Å²) in [6.07, 6.45) is 3.04. The van der Waals surface area contributed by atoms with Gasteiger partial charge >= 0.3 is 0 Å². The Morgan fingerprint density at radius 1 is 1.16 bits per heavy atom. The normalized spacial score (nSPS) is 26.2. The van der Waals surface area contributed by atoms with E-state index >= 15 is 0 Å². The number of benzene rings is 1. The van der Waals surface area contributed by atoms with Crippen molar-refractivity contribution in [2.75, 3.05) is 32.8 Å². The number of likely N-dealkylation sites (tertiary alicyclic amines) is 2. The molecule has 2 heterocycles. The summed E-state index contributed by atoms with van der Waals surface area (Å²) in [6.45, 7) is 3.18. The number of piperidine rings is 2. The van der Waals surface area contributed by atoms with E-state index in [2.05, 4.69) is 4.90 Å². The Bertz CT molecular complexity index is 587. The van der Waals surface area contributed by atoms with E-state index in [0.29, 0.717) is 32.0 Å². The smallest absolute Gasteiger partial charge is 0.256 e. The molecule has 1 amide bonds. The summed E-state index contributed by atoms with van der Waals surface area (Å²) in [5.41, 5.74) is -0.479. The van der Waals surface area contributed by atoms with Gasteiger partial charge in [-0.3, -0.25) is 9.69 Å². The zero-order chi connectivity index (χ0) is 17.9. The van der Waals surface area contributed by atoms with Crippen LogP contribution < -0.4 is 0 Å². The van der Waals surface area contributed by atoms with Crippen molar-refractivity contribution in [3.05, 3.63) is 35.6 Å². The Morgan fingerprint density at radius 2 is 1.84 bits per heavy atom. The number of β-amino-alcohol motifs (C(OH)–C–C–N with tert-alkyl or cyclic N) is 1. The monoisotopic (exact) mass is 350 g/mol. The number of carbonyl (C=O) groups excluding carboxylic acids is 1. The van der Waals surface area contributed by atoms with Gasteiger partial charge in [0.1, 0.15) is 5.82 Å². The fourth-order valence-corrected chi connectivity index (χ4v) is 3.87. The fourth-order valence-electron chi connectivity index (χ4n) is 3.87. The van der Waals surface area contributed by atoms with Crippen LogP contribution in [-0.2, 0) is 11.3 Å². The molecule has 1 atom stereocenters.